The summed E-state index contributed by atoms with van der Waals surface area (Å²) >= 11 is 5.94. The van der Waals surface area contributed by atoms with Gasteiger partial charge in [0.1, 0.15) is 12.2 Å². The molecule has 0 aliphatic carbocycles. The summed E-state index contributed by atoms with van der Waals surface area (Å²) in [4.78, 5) is 15.6. The molecule has 0 unspecified atom stereocenters. The lowest BCUT2D eigenvalue weighted by Gasteiger charge is -2.30. The first-order valence-corrected chi connectivity index (χ1v) is 7.78. The molecule has 3 heterocycles. The van der Waals surface area contributed by atoms with Gasteiger partial charge in [-0.1, -0.05) is 0 Å². The maximum atomic E-state index is 5.94. The molecule has 2 aromatic heterocycles. The molecule has 2 aromatic rings. The number of alkyl halides is 1. The number of hydrogen-bond donors (Lipinski definition) is 0. The first-order chi connectivity index (χ1) is 10.2. The average molecular weight is 310 g/mol. The second kappa shape index (κ2) is 6.15. The molecule has 1 aliphatic heterocycles. The van der Waals surface area contributed by atoms with Crippen LogP contribution in [0, 0.1) is 0 Å². The number of methoxy groups -OCH3 is 1. The van der Waals surface area contributed by atoms with E-state index < -0.39 is 0 Å². The lowest BCUT2D eigenvalue weighted by atomic mass is 10.1. The Hall–Kier alpha value is -1.40. The summed E-state index contributed by atoms with van der Waals surface area (Å²) in [6, 6.07) is 0.420. The fraction of sp³-hybridized carbons (Fsp3) is 0.643. The molecule has 0 bridgehead atoms. The molecule has 3 rings (SSSR count). The quantitative estimate of drug-likeness (QED) is 0.807. The van der Waals surface area contributed by atoms with Crippen LogP contribution in [0.5, 0.6) is 5.88 Å². The van der Waals surface area contributed by atoms with Crippen LogP contribution in [-0.4, -0.2) is 57.5 Å². The highest BCUT2D eigenvalue weighted by atomic mass is 35.5. The van der Waals surface area contributed by atoms with Crippen molar-refractivity contribution in [1.29, 1.82) is 0 Å². The minimum atomic E-state index is 0.420. The first kappa shape index (κ1) is 14.5. The number of likely N-dealkylation sites (tertiary alicyclic amines) is 1. The lowest BCUT2D eigenvalue weighted by molar-refractivity contribution is 0.221. The Labute approximate surface area is 129 Å². The minimum Gasteiger partial charge on any atom is -0.479 e. The number of aromatic nitrogens is 4. The number of nitrogens with zero attached hydrogens (tertiary/aromatic N) is 5. The standard InChI is InChI=1S/C14H20ClN5O/c1-19-7-4-10(5-8-19)20-11(3-6-15)18-12-13(20)16-9-17-14(12)21-2/h9-10H,3-8H2,1-2H3. The summed E-state index contributed by atoms with van der Waals surface area (Å²) in [5.41, 5.74) is 1.59. The Bertz CT molecular complexity index is 621. The predicted octanol–water partition coefficient (Wildman–Crippen LogP) is 1.88. The van der Waals surface area contributed by atoms with Gasteiger partial charge in [-0.3, -0.25) is 0 Å². The van der Waals surface area contributed by atoms with E-state index in [9.17, 15) is 0 Å². The highest BCUT2D eigenvalue weighted by Crippen LogP contribution is 2.30. The van der Waals surface area contributed by atoms with Gasteiger partial charge in [0.25, 0.3) is 0 Å². The van der Waals surface area contributed by atoms with Crippen LogP contribution in [0.15, 0.2) is 6.33 Å². The van der Waals surface area contributed by atoms with Gasteiger partial charge in [-0.05, 0) is 33.0 Å². The second-order valence-corrected chi connectivity index (χ2v) is 5.80. The van der Waals surface area contributed by atoms with E-state index in [0.29, 0.717) is 17.8 Å². The highest BCUT2D eigenvalue weighted by Gasteiger charge is 2.25. The maximum Gasteiger partial charge on any atom is 0.245 e. The van der Waals surface area contributed by atoms with Gasteiger partial charge in [0.15, 0.2) is 11.2 Å². The molecule has 0 radical (unpaired) electrons. The van der Waals surface area contributed by atoms with Gasteiger partial charge in [0.2, 0.25) is 5.88 Å². The molecule has 0 spiro atoms. The number of ether oxygens (including phenoxy) is 1. The maximum absolute atomic E-state index is 5.94. The van der Waals surface area contributed by atoms with Crippen LogP contribution in [0.25, 0.3) is 11.2 Å². The fourth-order valence-electron chi connectivity index (χ4n) is 2.98. The van der Waals surface area contributed by atoms with Gasteiger partial charge in [0, 0.05) is 18.3 Å². The fourth-order valence-corrected chi connectivity index (χ4v) is 3.15. The topological polar surface area (TPSA) is 56.1 Å². The van der Waals surface area contributed by atoms with E-state index in [-0.39, 0.29) is 0 Å². The summed E-state index contributed by atoms with van der Waals surface area (Å²) in [6.07, 6.45) is 4.47. The molecular formula is C14H20ClN5O. The van der Waals surface area contributed by atoms with Crippen molar-refractivity contribution in [2.75, 3.05) is 33.1 Å². The number of aryl methyl sites for hydroxylation is 1. The molecule has 1 aliphatic rings. The number of hydrogen-bond acceptors (Lipinski definition) is 5. The number of fused-ring (bicyclic) bond motifs is 1. The van der Waals surface area contributed by atoms with Crippen molar-refractivity contribution >= 4 is 22.8 Å². The molecule has 114 valence electrons. The Morgan fingerprint density at radius 3 is 2.76 bits per heavy atom. The van der Waals surface area contributed by atoms with Crippen LogP contribution in [0.4, 0.5) is 0 Å². The third-order valence-electron chi connectivity index (χ3n) is 4.08. The van der Waals surface area contributed by atoms with Crippen molar-refractivity contribution in [3.63, 3.8) is 0 Å². The van der Waals surface area contributed by atoms with Crippen LogP contribution in [0.2, 0.25) is 0 Å². The summed E-state index contributed by atoms with van der Waals surface area (Å²) < 4.78 is 7.56. The van der Waals surface area contributed by atoms with Crippen molar-refractivity contribution in [2.24, 2.45) is 0 Å². The molecule has 7 heteroatoms. The number of rotatable bonds is 4. The van der Waals surface area contributed by atoms with Gasteiger partial charge < -0.3 is 14.2 Å². The van der Waals surface area contributed by atoms with Gasteiger partial charge in [0.05, 0.1) is 7.11 Å². The summed E-state index contributed by atoms with van der Waals surface area (Å²) in [5.74, 6) is 2.06. The van der Waals surface area contributed by atoms with Gasteiger partial charge in [-0.2, -0.15) is 4.98 Å². The Morgan fingerprint density at radius 2 is 2.10 bits per heavy atom. The average Bonchev–Trinajstić information content (AvgIpc) is 2.86. The van der Waals surface area contributed by atoms with Crippen LogP contribution >= 0.6 is 11.6 Å². The molecular weight excluding hydrogens is 290 g/mol. The zero-order valence-electron chi connectivity index (χ0n) is 12.4. The van der Waals surface area contributed by atoms with Gasteiger partial charge >= 0.3 is 0 Å². The molecule has 1 saturated heterocycles. The molecule has 0 aromatic carbocycles. The highest BCUT2D eigenvalue weighted by molar-refractivity contribution is 6.17. The predicted molar refractivity (Wildman–Crippen MR) is 82.1 cm³/mol. The van der Waals surface area contributed by atoms with Crippen molar-refractivity contribution in [1.82, 2.24) is 24.4 Å². The molecule has 0 saturated carbocycles. The molecule has 1 fully saturated rings. The van der Waals surface area contributed by atoms with Crippen LogP contribution in [-0.2, 0) is 6.42 Å². The van der Waals surface area contributed by atoms with E-state index in [0.717, 1.165) is 49.3 Å². The largest absolute Gasteiger partial charge is 0.479 e. The molecule has 6 nitrogen and oxygen atoms in total. The van der Waals surface area contributed by atoms with Crippen LogP contribution in [0.1, 0.15) is 24.7 Å². The zero-order chi connectivity index (χ0) is 14.8. The molecule has 0 amide bonds. The lowest BCUT2D eigenvalue weighted by Crippen LogP contribution is -2.32. The SMILES string of the molecule is COc1ncnc2c1nc(CCCl)n2C1CCN(C)CC1. The number of imidazole rings is 1. The van der Waals surface area contributed by atoms with Crippen LogP contribution in [0.3, 0.4) is 0 Å². The van der Waals surface area contributed by atoms with Crippen molar-refractivity contribution in [3.8, 4) is 5.88 Å². The van der Waals surface area contributed by atoms with E-state index in [1.807, 2.05) is 0 Å². The normalized spacial score (nSPS) is 17.5. The van der Waals surface area contributed by atoms with Gasteiger partial charge in [-0.25, -0.2) is 9.97 Å². The first-order valence-electron chi connectivity index (χ1n) is 7.25. The second-order valence-electron chi connectivity index (χ2n) is 5.43. The summed E-state index contributed by atoms with van der Waals surface area (Å²) in [5, 5.41) is 0. The zero-order valence-corrected chi connectivity index (χ0v) is 13.2. The van der Waals surface area contributed by atoms with E-state index >= 15 is 0 Å². The smallest absolute Gasteiger partial charge is 0.245 e. The van der Waals surface area contributed by atoms with E-state index in [1.54, 1.807) is 13.4 Å². The minimum absolute atomic E-state index is 0.420. The summed E-state index contributed by atoms with van der Waals surface area (Å²) in [6.45, 7) is 2.18. The van der Waals surface area contributed by atoms with Gasteiger partial charge in [-0.15, -0.1) is 11.6 Å². The van der Waals surface area contributed by atoms with Crippen LogP contribution < -0.4 is 4.74 Å². The van der Waals surface area contributed by atoms with E-state index in [4.69, 9.17) is 16.3 Å². The number of halogens is 1. The third kappa shape index (κ3) is 2.70. The monoisotopic (exact) mass is 309 g/mol. The Balaban J connectivity index is 2.08. The Morgan fingerprint density at radius 1 is 1.33 bits per heavy atom. The number of piperidine rings is 1. The van der Waals surface area contributed by atoms with Crippen molar-refractivity contribution in [3.05, 3.63) is 12.2 Å². The molecule has 0 atom stereocenters. The third-order valence-corrected chi connectivity index (χ3v) is 4.27. The van der Waals surface area contributed by atoms with E-state index in [2.05, 4.69) is 31.5 Å². The summed E-state index contributed by atoms with van der Waals surface area (Å²) in [7, 11) is 3.77. The van der Waals surface area contributed by atoms with Crippen molar-refractivity contribution in [2.45, 2.75) is 25.3 Å². The van der Waals surface area contributed by atoms with Crippen molar-refractivity contribution < 1.29 is 4.74 Å². The van der Waals surface area contributed by atoms with E-state index in [1.165, 1.54) is 0 Å². The molecule has 0 N–H and O–H groups in total. The molecule has 21 heavy (non-hydrogen) atoms. The Kier molecular flexibility index (Phi) is 4.26.